The van der Waals surface area contributed by atoms with Crippen LogP contribution in [0.15, 0.2) is 18.2 Å². The van der Waals surface area contributed by atoms with E-state index in [0.717, 1.165) is 0 Å². The number of ether oxygens (including phenoxy) is 1. The van der Waals surface area contributed by atoms with Gasteiger partial charge >= 0.3 is 0 Å². The number of amides is 1. The first-order chi connectivity index (χ1) is 9.12. The summed E-state index contributed by atoms with van der Waals surface area (Å²) < 4.78 is 5.07. The zero-order chi connectivity index (χ0) is 14.3. The maximum absolute atomic E-state index is 11.6. The third-order valence-electron chi connectivity index (χ3n) is 2.75. The van der Waals surface area contributed by atoms with Gasteiger partial charge < -0.3 is 26.2 Å². The first-order valence-corrected chi connectivity index (χ1v) is 6.10. The van der Waals surface area contributed by atoms with Crippen molar-refractivity contribution in [1.82, 2.24) is 5.32 Å². The largest absolute Gasteiger partial charge is 0.397 e. The van der Waals surface area contributed by atoms with Crippen molar-refractivity contribution in [3.63, 3.8) is 0 Å². The average molecular weight is 267 g/mol. The number of benzene rings is 1. The third kappa shape index (κ3) is 4.42. The minimum Gasteiger partial charge on any atom is -0.397 e. The van der Waals surface area contributed by atoms with Gasteiger partial charge in [-0.25, -0.2) is 0 Å². The summed E-state index contributed by atoms with van der Waals surface area (Å²) in [6.45, 7) is 0.500. The minimum absolute atomic E-state index is 0.0517. The van der Waals surface area contributed by atoms with E-state index >= 15 is 0 Å². The quantitative estimate of drug-likeness (QED) is 0.537. The van der Waals surface area contributed by atoms with Crippen LogP contribution in [0.25, 0.3) is 0 Å². The smallest absolute Gasteiger partial charge is 0.251 e. The zero-order valence-corrected chi connectivity index (χ0v) is 11.3. The number of nitrogens with one attached hydrogen (secondary N) is 2. The summed E-state index contributed by atoms with van der Waals surface area (Å²) >= 11 is 0. The van der Waals surface area contributed by atoms with E-state index in [9.17, 15) is 4.79 Å². The second-order valence-corrected chi connectivity index (χ2v) is 4.19. The van der Waals surface area contributed by atoms with Crippen LogP contribution in [0.4, 0.5) is 11.4 Å². The fourth-order valence-corrected chi connectivity index (χ4v) is 1.74. The molecule has 0 bridgehead atoms. The molecule has 0 radical (unpaired) electrons. The highest BCUT2D eigenvalue weighted by Crippen LogP contribution is 2.21. The van der Waals surface area contributed by atoms with E-state index in [0.29, 0.717) is 30.0 Å². The van der Waals surface area contributed by atoms with Gasteiger partial charge in [0.05, 0.1) is 24.0 Å². The van der Waals surface area contributed by atoms with Crippen LogP contribution in [-0.2, 0) is 4.74 Å². The molecule has 1 rings (SSSR count). The van der Waals surface area contributed by atoms with Crippen molar-refractivity contribution >= 4 is 17.3 Å². The van der Waals surface area contributed by atoms with Gasteiger partial charge in [0.2, 0.25) is 0 Å². The number of hydrogen-bond donors (Lipinski definition) is 4. The van der Waals surface area contributed by atoms with Crippen LogP contribution < -0.4 is 16.4 Å². The highest BCUT2D eigenvalue weighted by Gasteiger charge is 2.12. The molecular weight excluding hydrogens is 246 g/mol. The molecule has 0 spiro atoms. The summed E-state index contributed by atoms with van der Waals surface area (Å²) in [5, 5.41) is 14.7. The monoisotopic (exact) mass is 267 g/mol. The Bertz CT molecular complexity index is 418. The van der Waals surface area contributed by atoms with Gasteiger partial charge in [-0.2, -0.15) is 0 Å². The number of hydrogen-bond acceptors (Lipinski definition) is 5. The van der Waals surface area contributed by atoms with Crippen LogP contribution in [0.2, 0.25) is 0 Å². The van der Waals surface area contributed by atoms with E-state index in [1.54, 1.807) is 32.4 Å². The summed E-state index contributed by atoms with van der Waals surface area (Å²) in [4.78, 5) is 11.6. The standard InChI is InChI=1S/C13H21N3O3/c1-15-13(18)9-3-4-11(14)12(7-9)16-10(5-6-17)8-19-2/h3-4,7,10,16-17H,5-6,8,14H2,1-2H3,(H,15,18). The minimum atomic E-state index is -0.173. The SMILES string of the molecule is CNC(=O)c1ccc(N)c(NC(CCO)COC)c1. The Labute approximate surface area is 112 Å². The molecule has 0 aromatic heterocycles. The van der Waals surface area contributed by atoms with E-state index in [-0.39, 0.29) is 18.6 Å². The lowest BCUT2D eigenvalue weighted by Gasteiger charge is -2.20. The maximum Gasteiger partial charge on any atom is 0.251 e. The Morgan fingerprint density at radius 2 is 2.26 bits per heavy atom. The topological polar surface area (TPSA) is 96.6 Å². The Morgan fingerprint density at radius 1 is 1.53 bits per heavy atom. The van der Waals surface area contributed by atoms with Gasteiger partial charge in [-0.05, 0) is 24.6 Å². The van der Waals surface area contributed by atoms with Gasteiger partial charge in [0.15, 0.2) is 0 Å². The molecule has 1 atom stereocenters. The first kappa shape index (κ1) is 15.3. The van der Waals surface area contributed by atoms with Crippen molar-refractivity contribution in [2.45, 2.75) is 12.5 Å². The lowest BCUT2D eigenvalue weighted by atomic mass is 10.1. The highest BCUT2D eigenvalue weighted by atomic mass is 16.5. The molecule has 0 saturated carbocycles. The highest BCUT2D eigenvalue weighted by molar-refractivity contribution is 5.96. The van der Waals surface area contributed by atoms with Crippen LogP contribution in [0.5, 0.6) is 0 Å². The van der Waals surface area contributed by atoms with Crippen LogP contribution >= 0.6 is 0 Å². The second-order valence-electron chi connectivity index (χ2n) is 4.19. The Balaban J connectivity index is 2.88. The van der Waals surface area contributed by atoms with Crippen molar-refractivity contribution in [3.8, 4) is 0 Å². The van der Waals surface area contributed by atoms with Gasteiger partial charge in [-0.3, -0.25) is 4.79 Å². The molecular formula is C13H21N3O3. The van der Waals surface area contributed by atoms with Crippen LogP contribution in [0.1, 0.15) is 16.8 Å². The number of nitrogen functional groups attached to an aromatic ring is 1. The Morgan fingerprint density at radius 3 is 2.84 bits per heavy atom. The van der Waals surface area contributed by atoms with Gasteiger partial charge in [0.25, 0.3) is 5.91 Å². The lowest BCUT2D eigenvalue weighted by Crippen LogP contribution is -2.27. The van der Waals surface area contributed by atoms with Crippen LogP contribution in [0.3, 0.4) is 0 Å². The molecule has 0 fully saturated rings. The van der Waals surface area contributed by atoms with E-state index in [1.807, 2.05) is 0 Å². The molecule has 106 valence electrons. The number of aliphatic hydroxyl groups excluding tert-OH is 1. The molecule has 6 heteroatoms. The predicted octanol–water partition coefficient (Wildman–Crippen LogP) is 0.438. The fraction of sp³-hybridized carbons (Fsp3) is 0.462. The number of anilines is 2. The maximum atomic E-state index is 11.6. The molecule has 1 aromatic carbocycles. The van der Waals surface area contributed by atoms with E-state index in [2.05, 4.69) is 10.6 Å². The van der Waals surface area contributed by atoms with Crippen molar-refractivity contribution in [3.05, 3.63) is 23.8 Å². The van der Waals surface area contributed by atoms with Gasteiger partial charge in [0.1, 0.15) is 0 Å². The molecule has 0 saturated heterocycles. The summed E-state index contributed by atoms with van der Waals surface area (Å²) in [6, 6.07) is 4.97. The fourth-order valence-electron chi connectivity index (χ4n) is 1.74. The molecule has 0 aliphatic carbocycles. The Hall–Kier alpha value is -1.79. The number of nitrogens with two attached hydrogens (primary N) is 1. The number of carbonyl (C=O) groups is 1. The molecule has 5 N–H and O–H groups in total. The van der Waals surface area contributed by atoms with Crippen molar-refractivity contribution < 1.29 is 14.6 Å². The molecule has 6 nitrogen and oxygen atoms in total. The van der Waals surface area contributed by atoms with E-state index < -0.39 is 0 Å². The molecule has 0 heterocycles. The Kier molecular flexibility index (Phi) is 6.11. The lowest BCUT2D eigenvalue weighted by molar-refractivity contribution is 0.0963. The zero-order valence-electron chi connectivity index (χ0n) is 11.3. The average Bonchev–Trinajstić information content (AvgIpc) is 2.41. The van der Waals surface area contributed by atoms with Crippen molar-refractivity contribution in [2.24, 2.45) is 0 Å². The van der Waals surface area contributed by atoms with Crippen molar-refractivity contribution in [2.75, 3.05) is 38.4 Å². The summed E-state index contributed by atoms with van der Waals surface area (Å²) in [5.74, 6) is -0.173. The van der Waals surface area contributed by atoms with E-state index in [4.69, 9.17) is 15.6 Å². The third-order valence-corrected chi connectivity index (χ3v) is 2.75. The number of methoxy groups -OCH3 is 1. The molecule has 1 unspecified atom stereocenters. The molecule has 0 aliphatic heterocycles. The first-order valence-electron chi connectivity index (χ1n) is 6.10. The summed E-state index contributed by atoms with van der Waals surface area (Å²) in [5.41, 5.74) is 7.61. The molecule has 1 aromatic rings. The number of aliphatic hydroxyl groups is 1. The van der Waals surface area contributed by atoms with Gasteiger partial charge in [0, 0.05) is 26.3 Å². The predicted molar refractivity (Wildman–Crippen MR) is 75.2 cm³/mol. The van der Waals surface area contributed by atoms with Crippen LogP contribution in [0, 0.1) is 0 Å². The van der Waals surface area contributed by atoms with Gasteiger partial charge in [-0.15, -0.1) is 0 Å². The summed E-state index contributed by atoms with van der Waals surface area (Å²) in [7, 11) is 3.17. The second kappa shape index (κ2) is 7.60. The molecule has 1 amide bonds. The van der Waals surface area contributed by atoms with E-state index in [1.165, 1.54) is 0 Å². The van der Waals surface area contributed by atoms with Gasteiger partial charge in [-0.1, -0.05) is 0 Å². The van der Waals surface area contributed by atoms with Crippen LogP contribution in [-0.4, -0.2) is 44.4 Å². The summed E-state index contributed by atoms with van der Waals surface area (Å²) in [6.07, 6.45) is 0.539. The normalized spacial score (nSPS) is 11.9. The van der Waals surface area contributed by atoms with Crippen molar-refractivity contribution in [1.29, 1.82) is 0 Å². The molecule has 19 heavy (non-hydrogen) atoms. The molecule has 0 aliphatic rings. The number of carbonyl (C=O) groups excluding carboxylic acids is 1. The number of rotatable bonds is 7.